The third kappa shape index (κ3) is 3.17. The number of carbonyl (C=O) groups is 1. The van der Waals surface area contributed by atoms with Crippen LogP contribution in [0.15, 0.2) is 18.2 Å². The zero-order valence-electron chi connectivity index (χ0n) is 9.71. The number of nitrogens with two attached hydrogens (primary N) is 1. The smallest absolute Gasteiger partial charge is 0.164 e. The maximum Gasteiger partial charge on any atom is 0.164 e. The molecular formula is C13H19NO. The van der Waals surface area contributed by atoms with Gasteiger partial charge in [0.15, 0.2) is 5.78 Å². The van der Waals surface area contributed by atoms with Crippen LogP contribution >= 0.6 is 0 Å². The Morgan fingerprint density at radius 1 is 1.40 bits per heavy atom. The number of aryl methyl sites for hydroxylation is 2. The van der Waals surface area contributed by atoms with Crippen LogP contribution in [-0.2, 0) is 0 Å². The molecule has 0 spiro atoms. The van der Waals surface area contributed by atoms with Crippen molar-refractivity contribution in [1.82, 2.24) is 0 Å². The van der Waals surface area contributed by atoms with E-state index in [-0.39, 0.29) is 11.8 Å². The summed E-state index contributed by atoms with van der Waals surface area (Å²) >= 11 is 0. The van der Waals surface area contributed by atoms with Gasteiger partial charge >= 0.3 is 0 Å². The number of carbonyl (C=O) groups excluding carboxylic acids is 1. The highest BCUT2D eigenvalue weighted by Gasteiger charge is 2.12. The van der Waals surface area contributed by atoms with Crippen molar-refractivity contribution in [2.45, 2.75) is 39.7 Å². The second-order valence-electron chi connectivity index (χ2n) is 4.11. The van der Waals surface area contributed by atoms with Crippen molar-refractivity contribution >= 4 is 5.78 Å². The monoisotopic (exact) mass is 205 g/mol. The van der Waals surface area contributed by atoms with E-state index >= 15 is 0 Å². The second kappa shape index (κ2) is 5.08. The Kier molecular flexibility index (Phi) is 4.04. The molecule has 0 aliphatic carbocycles. The number of hydrogen-bond donors (Lipinski definition) is 1. The van der Waals surface area contributed by atoms with Crippen LogP contribution < -0.4 is 5.73 Å². The normalized spacial score (nSPS) is 12.5. The third-order valence-corrected chi connectivity index (χ3v) is 2.65. The van der Waals surface area contributed by atoms with Gasteiger partial charge in [-0.2, -0.15) is 0 Å². The van der Waals surface area contributed by atoms with Gasteiger partial charge in [-0.15, -0.1) is 0 Å². The number of hydrogen-bond acceptors (Lipinski definition) is 2. The first-order valence-corrected chi connectivity index (χ1v) is 5.40. The van der Waals surface area contributed by atoms with Crippen molar-refractivity contribution in [1.29, 1.82) is 0 Å². The summed E-state index contributed by atoms with van der Waals surface area (Å²) in [6.07, 6.45) is 1.29. The zero-order chi connectivity index (χ0) is 11.4. The molecule has 0 fully saturated rings. The highest BCUT2D eigenvalue weighted by Crippen LogP contribution is 2.13. The van der Waals surface area contributed by atoms with Crippen molar-refractivity contribution in [3.63, 3.8) is 0 Å². The second-order valence-corrected chi connectivity index (χ2v) is 4.11. The van der Waals surface area contributed by atoms with E-state index < -0.39 is 0 Å². The Hall–Kier alpha value is -1.15. The van der Waals surface area contributed by atoms with Crippen LogP contribution in [0.2, 0.25) is 0 Å². The van der Waals surface area contributed by atoms with Crippen molar-refractivity contribution in [3.05, 3.63) is 34.9 Å². The molecule has 1 rings (SSSR count). The average molecular weight is 205 g/mol. The van der Waals surface area contributed by atoms with Crippen LogP contribution in [0.3, 0.4) is 0 Å². The molecule has 82 valence electrons. The standard InChI is InChI=1S/C13H19NO/c1-4-11(14)8-13(15)12-6-5-9(2)7-10(12)3/h5-7,11H,4,8,14H2,1-3H3. The number of ketones is 1. The van der Waals surface area contributed by atoms with E-state index in [1.54, 1.807) is 0 Å². The molecule has 0 aromatic heterocycles. The van der Waals surface area contributed by atoms with Gasteiger partial charge in [-0.3, -0.25) is 4.79 Å². The first-order chi connectivity index (χ1) is 7.04. The highest BCUT2D eigenvalue weighted by atomic mass is 16.1. The third-order valence-electron chi connectivity index (χ3n) is 2.65. The fourth-order valence-corrected chi connectivity index (χ4v) is 1.62. The van der Waals surface area contributed by atoms with Gasteiger partial charge in [0.25, 0.3) is 0 Å². The predicted molar refractivity (Wildman–Crippen MR) is 63.1 cm³/mol. The summed E-state index contributed by atoms with van der Waals surface area (Å²) in [4.78, 5) is 11.9. The SMILES string of the molecule is CCC(N)CC(=O)c1ccc(C)cc1C. The maximum atomic E-state index is 11.9. The molecule has 1 atom stereocenters. The minimum atomic E-state index is -0.0156. The first-order valence-electron chi connectivity index (χ1n) is 5.40. The Morgan fingerprint density at radius 2 is 2.07 bits per heavy atom. The molecule has 0 bridgehead atoms. The van der Waals surface area contributed by atoms with Gasteiger partial charge in [0.05, 0.1) is 0 Å². The molecule has 15 heavy (non-hydrogen) atoms. The van der Waals surface area contributed by atoms with Gasteiger partial charge in [0.2, 0.25) is 0 Å². The molecule has 0 amide bonds. The Morgan fingerprint density at radius 3 is 2.60 bits per heavy atom. The van der Waals surface area contributed by atoms with Crippen LogP contribution in [0.4, 0.5) is 0 Å². The van der Waals surface area contributed by atoms with Gasteiger partial charge in [0.1, 0.15) is 0 Å². The van der Waals surface area contributed by atoms with Crippen LogP contribution in [0.25, 0.3) is 0 Å². The molecule has 2 heteroatoms. The van der Waals surface area contributed by atoms with Crippen LogP contribution in [0, 0.1) is 13.8 Å². The molecule has 2 nitrogen and oxygen atoms in total. The summed E-state index contributed by atoms with van der Waals surface area (Å²) in [6.45, 7) is 6.00. The van der Waals surface area contributed by atoms with Gasteiger partial charge in [-0.05, 0) is 25.8 Å². The lowest BCUT2D eigenvalue weighted by Crippen LogP contribution is -2.23. The van der Waals surface area contributed by atoms with Gasteiger partial charge < -0.3 is 5.73 Å². The summed E-state index contributed by atoms with van der Waals surface area (Å²) in [5, 5.41) is 0. The van der Waals surface area contributed by atoms with Gasteiger partial charge in [0, 0.05) is 18.0 Å². The van der Waals surface area contributed by atoms with Crippen LogP contribution in [0.1, 0.15) is 41.3 Å². The maximum absolute atomic E-state index is 11.9. The molecule has 0 saturated heterocycles. The number of benzene rings is 1. The topological polar surface area (TPSA) is 43.1 Å². The average Bonchev–Trinajstić information content (AvgIpc) is 2.17. The quantitative estimate of drug-likeness (QED) is 0.768. The van der Waals surface area contributed by atoms with Crippen LogP contribution in [0.5, 0.6) is 0 Å². The van der Waals surface area contributed by atoms with Crippen molar-refractivity contribution in [2.75, 3.05) is 0 Å². The lowest BCUT2D eigenvalue weighted by atomic mass is 9.97. The highest BCUT2D eigenvalue weighted by molar-refractivity contribution is 5.97. The lowest BCUT2D eigenvalue weighted by molar-refractivity contribution is 0.0973. The zero-order valence-corrected chi connectivity index (χ0v) is 9.71. The fourth-order valence-electron chi connectivity index (χ4n) is 1.62. The Bertz CT molecular complexity index is 358. The molecule has 1 aromatic rings. The largest absolute Gasteiger partial charge is 0.327 e. The molecule has 0 radical (unpaired) electrons. The van der Waals surface area contributed by atoms with E-state index in [9.17, 15) is 4.79 Å². The van der Waals surface area contributed by atoms with Crippen molar-refractivity contribution < 1.29 is 4.79 Å². The van der Waals surface area contributed by atoms with E-state index in [0.29, 0.717) is 6.42 Å². The van der Waals surface area contributed by atoms with Gasteiger partial charge in [-0.25, -0.2) is 0 Å². The van der Waals surface area contributed by atoms with E-state index in [1.807, 2.05) is 39.0 Å². The van der Waals surface area contributed by atoms with Gasteiger partial charge in [-0.1, -0.05) is 30.7 Å². The Labute approximate surface area is 91.5 Å². The molecule has 1 aromatic carbocycles. The lowest BCUT2D eigenvalue weighted by Gasteiger charge is -2.09. The molecule has 2 N–H and O–H groups in total. The molecule has 0 heterocycles. The number of Topliss-reactive ketones (excluding diaryl/α,β-unsaturated/α-hetero) is 1. The summed E-state index contributed by atoms with van der Waals surface area (Å²) in [5.41, 5.74) is 8.81. The first kappa shape index (κ1) is 11.9. The summed E-state index contributed by atoms with van der Waals surface area (Å²) < 4.78 is 0. The molecular weight excluding hydrogens is 186 g/mol. The molecule has 0 aliphatic heterocycles. The molecule has 0 aliphatic rings. The van der Waals surface area contributed by atoms with Crippen LogP contribution in [-0.4, -0.2) is 11.8 Å². The predicted octanol–water partition coefficient (Wildman–Crippen LogP) is 2.61. The minimum absolute atomic E-state index is 0.0156. The van der Waals surface area contributed by atoms with Crippen molar-refractivity contribution in [3.8, 4) is 0 Å². The molecule has 1 unspecified atom stereocenters. The number of rotatable bonds is 4. The van der Waals surface area contributed by atoms with E-state index in [0.717, 1.165) is 17.5 Å². The van der Waals surface area contributed by atoms with E-state index in [4.69, 9.17) is 5.73 Å². The Balaban J connectivity index is 2.82. The summed E-state index contributed by atoms with van der Waals surface area (Å²) in [5.74, 6) is 0.154. The van der Waals surface area contributed by atoms with E-state index in [1.165, 1.54) is 5.56 Å². The minimum Gasteiger partial charge on any atom is -0.327 e. The van der Waals surface area contributed by atoms with E-state index in [2.05, 4.69) is 0 Å². The fraction of sp³-hybridized carbons (Fsp3) is 0.462. The van der Waals surface area contributed by atoms with Crippen molar-refractivity contribution in [2.24, 2.45) is 5.73 Å². The summed E-state index contributed by atoms with van der Waals surface area (Å²) in [6, 6.07) is 5.89. The summed E-state index contributed by atoms with van der Waals surface area (Å²) in [7, 11) is 0. The molecule has 0 saturated carbocycles.